The number of fused-ring (bicyclic) bond motifs is 1. The number of carboxylic acids is 1. The van der Waals surface area contributed by atoms with Gasteiger partial charge in [0.2, 0.25) is 5.89 Å². The molecule has 1 aromatic carbocycles. The fourth-order valence-corrected chi connectivity index (χ4v) is 3.10. The van der Waals surface area contributed by atoms with E-state index < -0.39 is 12.1 Å². The Bertz CT molecular complexity index is 1140. The van der Waals surface area contributed by atoms with Crippen LogP contribution < -0.4 is 10.9 Å². The van der Waals surface area contributed by atoms with Gasteiger partial charge in [0.25, 0.3) is 5.56 Å². The van der Waals surface area contributed by atoms with Crippen LogP contribution in [0.25, 0.3) is 11.5 Å². The second-order valence-corrected chi connectivity index (χ2v) is 7.24. The van der Waals surface area contributed by atoms with E-state index in [2.05, 4.69) is 15.3 Å². The van der Waals surface area contributed by atoms with Gasteiger partial charge in [0.05, 0.1) is 24.3 Å². The van der Waals surface area contributed by atoms with Crippen molar-refractivity contribution in [2.45, 2.75) is 25.6 Å². The minimum Gasteiger partial charge on any atom is -0.475 e. The first-order chi connectivity index (χ1) is 15.1. The minimum atomic E-state index is -5.08. The minimum absolute atomic E-state index is 0.00439. The number of oxazole rings is 1. The molecule has 0 spiro atoms. The highest BCUT2D eigenvalue weighted by atomic mass is 35.5. The van der Waals surface area contributed by atoms with Crippen molar-refractivity contribution < 1.29 is 27.5 Å². The van der Waals surface area contributed by atoms with E-state index in [0.717, 1.165) is 36.3 Å². The van der Waals surface area contributed by atoms with Crippen molar-refractivity contribution in [2.24, 2.45) is 0 Å². The lowest BCUT2D eigenvalue weighted by atomic mass is 10.1. The highest BCUT2D eigenvalue weighted by molar-refractivity contribution is 6.30. The van der Waals surface area contributed by atoms with Crippen molar-refractivity contribution in [1.82, 2.24) is 19.9 Å². The number of halogens is 4. The molecule has 1 aliphatic heterocycles. The third-order valence-electron chi connectivity index (χ3n) is 4.53. The number of benzene rings is 1. The monoisotopic (exact) mass is 470 g/mol. The summed E-state index contributed by atoms with van der Waals surface area (Å²) in [7, 11) is 0. The zero-order valence-electron chi connectivity index (χ0n) is 16.5. The maximum Gasteiger partial charge on any atom is 0.490 e. The molecule has 0 aliphatic carbocycles. The van der Waals surface area contributed by atoms with Gasteiger partial charge in [0.15, 0.2) is 0 Å². The van der Waals surface area contributed by atoms with Crippen LogP contribution >= 0.6 is 11.6 Å². The van der Waals surface area contributed by atoms with Crippen LogP contribution in [0.5, 0.6) is 0 Å². The number of hydrogen-bond donors (Lipinski definition) is 2. The highest BCUT2D eigenvalue weighted by Gasteiger charge is 2.38. The average molecular weight is 471 g/mol. The lowest BCUT2D eigenvalue weighted by Crippen LogP contribution is -2.27. The number of aromatic nitrogens is 3. The molecule has 1 aliphatic rings. The maximum absolute atomic E-state index is 12.7. The molecular weight excluding hydrogens is 453 g/mol. The van der Waals surface area contributed by atoms with E-state index in [0.29, 0.717) is 29.6 Å². The zero-order chi connectivity index (χ0) is 23.3. The molecule has 0 bridgehead atoms. The highest BCUT2D eigenvalue weighted by Crippen LogP contribution is 2.21. The summed E-state index contributed by atoms with van der Waals surface area (Å²) in [5.74, 6) is -2.25. The van der Waals surface area contributed by atoms with Crippen molar-refractivity contribution in [1.29, 1.82) is 0 Å². The van der Waals surface area contributed by atoms with Crippen LogP contribution in [0, 0.1) is 0 Å². The molecule has 0 radical (unpaired) electrons. The van der Waals surface area contributed by atoms with Crippen molar-refractivity contribution in [3.8, 4) is 11.5 Å². The summed E-state index contributed by atoms with van der Waals surface area (Å²) in [5, 5.41) is 11.1. The molecule has 0 atom stereocenters. The van der Waals surface area contributed by atoms with Gasteiger partial charge in [-0.3, -0.25) is 9.36 Å². The Labute approximate surface area is 184 Å². The van der Waals surface area contributed by atoms with Crippen molar-refractivity contribution in [3.05, 3.63) is 69.2 Å². The number of nitrogens with zero attached hydrogens (tertiary/aromatic N) is 3. The Balaban J connectivity index is 0.000000360. The summed E-state index contributed by atoms with van der Waals surface area (Å²) in [6.45, 7) is 2.00. The molecule has 0 saturated heterocycles. The number of aliphatic carboxylic acids is 1. The lowest BCUT2D eigenvalue weighted by molar-refractivity contribution is -0.192. The van der Waals surface area contributed by atoms with E-state index in [1.807, 2.05) is 12.1 Å². The van der Waals surface area contributed by atoms with E-state index in [4.69, 9.17) is 25.9 Å². The van der Waals surface area contributed by atoms with Gasteiger partial charge in [-0.2, -0.15) is 13.2 Å². The van der Waals surface area contributed by atoms with Crippen molar-refractivity contribution in [2.75, 3.05) is 13.1 Å². The van der Waals surface area contributed by atoms with Gasteiger partial charge in [-0.15, -0.1) is 0 Å². The molecule has 170 valence electrons. The largest absolute Gasteiger partial charge is 0.490 e. The molecule has 3 heterocycles. The Kier molecular flexibility index (Phi) is 7.31. The standard InChI is InChI=1S/C18H17ClN4O2.C2HF3O2/c19-13-3-1-12(2-4-13)17-22-14(10-25-17)9-23-11-21-16-6-8-20-7-5-15(16)18(23)24;3-2(4,5)1(6)7/h1-4,10-11,20H,5-9H2;(H,6,7). The molecule has 8 nitrogen and oxygen atoms in total. The lowest BCUT2D eigenvalue weighted by Gasteiger charge is -2.08. The van der Waals surface area contributed by atoms with Crippen LogP contribution in [-0.2, 0) is 24.2 Å². The number of hydrogen-bond acceptors (Lipinski definition) is 6. The Hall–Kier alpha value is -3.18. The van der Waals surface area contributed by atoms with Crippen molar-refractivity contribution >= 4 is 17.6 Å². The fraction of sp³-hybridized carbons (Fsp3) is 0.300. The van der Waals surface area contributed by atoms with Gasteiger partial charge in [0.1, 0.15) is 6.26 Å². The molecular formula is C20H18ClF3N4O4. The molecule has 3 aromatic rings. The number of alkyl halides is 3. The molecule has 2 N–H and O–H groups in total. The molecule has 0 amide bonds. The summed E-state index contributed by atoms with van der Waals surface area (Å²) in [5.41, 5.74) is 3.22. The van der Waals surface area contributed by atoms with Crippen LogP contribution in [0.2, 0.25) is 5.02 Å². The molecule has 12 heteroatoms. The topological polar surface area (TPSA) is 110 Å². The fourth-order valence-electron chi connectivity index (χ4n) is 2.97. The normalized spacial score (nSPS) is 13.5. The smallest absolute Gasteiger partial charge is 0.475 e. The van der Waals surface area contributed by atoms with Gasteiger partial charge < -0.3 is 14.8 Å². The first-order valence-electron chi connectivity index (χ1n) is 9.43. The van der Waals surface area contributed by atoms with E-state index in [-0.39, 0.29) is 5.56 Å². The second-order valence-electron chi connectivity index (χ2n) is 6.81. The summed E-state index contributed by atoms with van der Waals surface area (Å²) < 4.78 is 38.9. The molecule has 0 unspecified atom stereocenters. The van der Waals surface area contributed by atoms with E-state index >= 15 is 0 Å². The maximum atomic E-state index is 12.7. The predicted octanol–water partition coefficient (Wildman–Crippen LogP) is 2.92. The molecule has 0 fully saturated rings. The second kappa shape index (κ2) is 9.96. The van der Waals surface area contributed by atoms with Gasteiger partial charge in [-0.25, -0.2) is 14.8 Å². The first kappa shape index (κ1) is 23.5. The number of carbonyl (C=O) groups is 1. The molecule has 0 saturated carbocycles. The summed E-state index contributed by atoms with van der Waals surface area (Å²) in [6, 6.07) is 7.27. The zero-order valence-corrected chi connectivity index (χ0v) is 17.3. The van der Waals surface area contributed by atoms with E-state index in [1.54, 1.807) is 29.3 Å². The van der Waals surface area contributed by atoms with Crippen LogP contribution in [0.4, 0.5) is 13.2 Å². The van der Waals surface area contributed by atoms with E-state index in [9.17, 15) is 18.0 Å². The summed E-state index contributed by atoms with van der Waals surface area (Å²) in [6.07, 6.45) is -0.417. The number of rotatable bonds is 3. The SMILES string of the molecule is O=C(O)C(F)(F)F.O=c1c2c(ncn1Cc1coc(-c3ccc(Cl)cc3)n1)CCNCC2. The number of nitrogens with one attached hydrogen (secondary N) is 1. The molecule has 32 heavy (non-hydrogen) atoms. The third-order valence-corrected chi connectivity index (χ3v) is 4.78. The average Bonchev–Trinajstić information content (AvgIpc) is 3.06. The quantitative estimate of drug-likeness (QED) is 0.605. The van der Waals surface area contributed by atoms with Gasteiger partial charge in [0, 0.05) is 29.1 Å². The van der Waals surface area contributed by atoms with Gasteiger partial charge in [-0.1, -0.05) is 11.6 Å². The van der Waals surface area contributed by atoms with E-state index in [1.165, 1.54) is 0 Å². The first-order valence-corrected chi connectivity index (χ1v) is 9.81. The predicted molar refractivity (Wildman–Crippen MR) is 109 cm³/mol. The van der Waals surface area contributed by atoms with Crippen molar-refractivity contribution in [3.63, 3.8) is 0 Å². The van der Waals surface area contributed by atoms with Crippen LogP contribution in [-0.4, -0.2) is 44.9 Å². The third kappa shape index (κ3) is 5.95. The molecule has 4 rings (SSSR count). The van der Waals surface area contributed by atoms with Crippen LogP contribution in [0.15, 0.2) is 46.1 Å². The van der Waals surface area contributed by atoms with Crippen LogP contribution in [0.3, 0.4) is 0 Å². The Morgan fingerprint density at radius 2 is 1.88 bits per heavy atom. The number of carboxylic acid groups (broad SMARTS) is 1. The summed E-state index contributed by atoms with van der Waals surface area (Å²) in [4.78, 5) is 30.5. The summed E-state index contributed by atoms with van der Waals surface area (Å²) >= 11 is 5.90. The Morgan fingerprint density at radius 3 is 2.53 bits per heavy atom. The van der Waals surface area contributed by atoms with Gasteiger partial charge >= 0.3 is 12.1 Å². The van der Waals surface area contributed by atoms with Gasteiger partial charge in [-0.05, 0) is 37.2 Å². The van der Waals surface area contributed by atoms with Crippen LogP contribution in [0.1, 0.15) is 17.0 Å². The molecule has 2 aromatic heterocycles. The Morgan fingerprint density at radius 1 is 1.22 bits per heavy atom.